The van der Waals surface area contributed by atoms with Gasteiger partial charge in [-0.3, -0.25) is 0 Å². The average molecular weight is 473 g/mol. The monoisotopic (exact) mass is 472 g/mol. The van der Waals surface area contributed by atoms with Crippen LogP contribution in [0.15, 0.2) is 121 Å². The Balaban J connectivity index is 1.14. The van der Waals surface area contributed by atoms with Gasteiger partial charge in [0.1, 0.15) is 23.0 Å². The summed E-state index contributed by atoms with van der Waals surface area (Å²) in [6, 6.07) is 40.0. The smallest absolute Gasteiger partial charge is 0.127 e. The molecule has 5 aromatic rings. The van der Waals surface area contributed by atoms with Crippen molar-refractivity contribution in [3.63, 3.8) is 0 Å². The van der Waals surface area contributed by atoms with E-state index in [1.807, 2.05) is 72.8 Å². The molecule has 0 bridgehead atoms. The molecule has 0 heterocycles. The number of nitrogens with two attached hydrogens (primary N) is 2. The summed E-state index contributed by atoms with van der Waals surface area (Å²) in [7, 11) is 0. The third-order valence-electron chi connectivity index (χ3n) is 5.92. The SMILES string of the molecule is Nc1ccc(Oc2ccc(Cc3ccc(Cc4ccc(Oc5ccc(N)cc5)cc4)cc3)cc2)cc1. The zero-order chi connectivity index (χ0) is 24.7. The molecule has 36 heavy (non-hydrogen) atoms. The lowest BCUT2D eigenvalue weighted by Gasteiger charge is -2.09. The van der Waals surface area contributed by atoms with Crippen LogP contribution < -0.4 is 20.9 Å². The molecule has 0 fully saturated rings. The van der Waals surface area contributed by atoms with Crippen molar-refractivity contribution >= 4 is 11.4 Å². The first kappa shape index (κ1) is 23.1. The van der Waals surface area contributed by atoms with Crippen molar-refractivity contribution in [1.29, 1.82) is 0 Å². The Hall–Kier alpha value is -4.70. The number of rotatable bonds is 8. The van der Waals surface area contributed by atoms with E-state index in [-0.39, 0.29) is 0 Å². The number of ether oxygens (including phenoxy) is 2. The zero-order valence-electron chi connectivity index (χ0n) is 19.9. The quantitative estimate of drug-likeness (QED) is 0.228. The molecule has 0 aliphatic heterocycles. The lowest BCUT2D eigenvalue weighted by Crippen LogP contribution is -1.92. The second-order valence-corrected chi connectivity index (χ2v) is 8.80. The molecule has 0 spiro atoms. The Morgan fingerprint density at radius 2 is 0.556 bits per heavy atom. The second kappa shape index (κ2) is 10.7. The summed E-state index contributed by atoms with van der Waals surface area (Å²) in [6.07, 6.45) is 1.75. The van der Waals surface area contributed by atoms with Crippen molar-refractivity contribution in [1.82, 2.24) is 0 Å². The van der Waals surface area contributed by atoms with E-state index in [1.165, 1.54) is 22.3 Å². The summed E-state index contributed by atoms with van der Waals surface area (Å²) < 4.78 is 11.8. The van der Waals surface area contributed by atoms with Crippen LogP contribution in [0.2, 0.25) is 0 Å². The molecule has 0 aliphatic carbocycles. The van der Waals surface area contributed by atoms with Crippen LogP contribution in [0.5, 0.6) is 23.0 Å². The fourth-order valence-corrected chi connectivity index (χ4v) is 3.94. The molecule has 4 N–H and O–H groups in total. The zero-order valence-corrected chi connectivity index (χ0v) is 19.9. The van der Waals surface area contributed by atoms with E-state index in [2.05, 4.69) is 48.5 Å². The largest absolute Gasteiger partial charge is 0.457 e. The molecule has 0 aromatic heterocycles. The number of nitrogen functional groups attached to an aromatic ring is 2. The van der Waals surface area contributed by atoms with Crippen molar-refractivity contribution in [2.24, 2.45) is 0 Å². The normalized spacial score (nSPS) is 10.7. The minimum absolute atomic E-state index is 0.724. The Kier molecular flexibility index (Phi) is 6.86. The van der Waals surface area contributed by atoms with Crippen molar-refractivity contribution in [3.8, 4) is 23.0 Å². The maximum atomic E-state index is 5.88. The summed E-state index contributed by atoms with van der Waals surface area (Å²) in [4.78, 5) is 0. The van der Waals surface area contributed by atoms with Gasteiger partial charge in [0, 0.05) is 11.4 Å². The summed E-state index contributed by atoms with van der Waals surface area (Å²) in [5.41, 5.74) is 17.9. The molecular formula is C32H28N2O2. The molecule has 0 atom stereocenters. The van der Waals surface area contributed by atoms with Gasteiger partial charge in [-0.05, 0) is 108 Å². The van der Waals surface area contributed by atoms with E-state index in [1.54, 1.807) is 0 Å². The maximum absolute atomic E-state index is 5.88. The van der Waals surface area contributed by atoms with Crippen LogP contribution in [0.4, 0.5) is 11.4 Å². The highest BCUT2D eigenvalue weighted by atomic mass is 16.5. The summed E-state index contributed by atoms with van der Waals surface area (Å²) in [6.45, 7) is 0. The standard InChI is InChI=1S/C32H28N2O2/c33-27-9-17-31(18-10-27)35-29-13-5-25(6-14-29)21-23-1-2-24(4-3-23)22-26-7-15-30(16-8-26)36-32-19-11-28(34)12-20-32/h1-20H,21-22,33-34H2. The molecule has 5 aromatic carbocycles. The van der Waals surface area contributed by atoms with Gasteiger partial charge in [-0.1, -0.05) is 48.5 Å². The van der Waals surface area contributed by atoms with Gasteiger partial charge in [0.05, 0.1) is 0 Å². The number of benzene rings is 5. The maximum Gasteiger partial charge on any atom is 0.127 e. The number of anilines is 2. The second-order valence-electron chi connectivity index (χ2n) is 8.80. The van der Waals surface area contributed by atoms with E-state index in [9.17, 15) is 0 Å². The highest BCUT2D eigenvalue weighted by molar-refractivity contribution is 5.44. The Morgan fingerprint density at radius 1 is 0.333 bits per heavy atom. The van der Waals surface area contributed by atoms with Crippen molar-refractivity contribution in [2.75, 3.05) is 11.5 Å². The minimum Gasteiger partial charge on any atom is -0.457 e. The van der Waals surface area contributed by atoms with Crippen molar-refractivity contribution in [3.05, 3.63) is 144 Å². The third-order valence-corrected chi connectivity index (χ3v) is 5.92. The van der Waals surface area contributed by atoms with Gasteiger partial charge in [-0.25, -0.2) is 0 Å². The van der Waals surface area contributed by atoms with E-state index in [0.717, 1.165) is 47.2 Å². The molecule has 0 amide bonds. The van der Waals surface area contributed by atoms with Crippen LogP contribution in [0.25, 0.3) is 0 Å². The van der Waals surface area contributed by atoms with E-state index < -0.39 is 0 Å². The molecule has 0 saturated heterocycles. The van der Waals surface area contributed by atoms with Gasteiger partial charge < -0.3 is 20.9 Å². The first-order valence-corrected chi connectivity index (χ1v) is 11.9. The van der Waals surface area contributed by atoms with Crippen LogP contribution in [-0.4, -0.2) is 0 Å². The third kappa shape index (κ3) is 6.24. The van der Waals surface area contributed by atoms with Crippen LogP contribution >= 0.6 is 0 Å². The Morgan fingerprint density at radius 3 is 0.833 bits per heavy atom. The molecule has 178 valence electrons. The van der Waals surface area contributed by atoms with Crippen molar-refractivity contribution in [2.45, 2.75) is 12.8 Å². The predicted molar refractivity (Wildman–Crippen MR) is 147 cm³/mol. The Labute approximate surface area is 211 Å². The van der Waals surface area contributed by atoms with Gasteiger partial charge in [0.25, 0.3) is 0 Å². The highest BCUT2D eigenvalue weighted by Crippen LogP contribution is 2.25. The van der Waals surface area contributed by atoms with Crippen LogP contribution in [0.1, 0.15) is 22.3 Å². The topological polar surface area (TPSA) is 70.5 Å². The van der Waals surface area contributed by atoms with Gasteiger partial charge in [0.2, 0.25) is 0 Å². The minimum atomic E-state index is 0.724. The molecule has 4 heteroatoms. The van der Waals surface area contributed by atoms with E-state index >= 15 is 0 Å². The number of hydrogen-bond acceptors (Lipinski definition) is 4. The fraction of sp³-hybridized carbons (Fsp3) is 0.0625. The fourth-order valence-electron chi connectivity index (χ4n) is 3.94. The molecular weight excluding hydrogens is 444 g/mol. The van der Waals surface area contributed by atoms with Gasteiger partial charge in [0.15, 0.2) is 0 Å². The number of hydrogen-bond donors (Lipinski definition) is 2. The van der Waals surface area contributed by atoms with Crippen LogP contribution in [0, 0.1) is 0 Å². The lowest BCUT2D eigenvalue weighted by molar-refractivity contribution is 0.482. The van der Waals surface area contributed by atoms with Crippen LogP contribution in [0.3, 0.4) is 0 Å². The first-order chi connectivity index (χ1) is 17.6. The van der Waals surface area contributed by atoms with Gasteiger partial charge in [-0.2, -0.15) is 0 Å². The van der Waals surface area contributed by atoms with Gasteiger partial charge in [-0.15, -0.1) is 0 Å². The Bertz CT molecular complexity index is 1280. The molecule has 5 rings (SSSR count). The summed E-state index contributed by atoms with van der Waals surface area (Å²) >= 11 is 0. The molecule has 4 nitrogen and oxygen atoms in total. The summed E-state index contributed by atoms with van der Waals surface area (Å²) in [5, 5.41) is 0. The average Bonchev–Trinajstić information content (AvgIpc) is 2.90. The lowest BCUT2D eigenvalue weighted by atomic mass is 10.0. The summed E-state index contributed by atoms with van der Waals surface area (Å²) in [5.74, 6) is 3.17. The van der Waals surface area contributed by atoms with E-state index in [4.69, 9.17) is 20.9 Å². The predicted octanol–water partition coefficient (Wildman–Crippen LogP) is 7.62. The molecule has 0 radical (unpaired) electrons. The van der Waals surface area contributed by atoms with E-state index in [0.29, 0.717) is 0 Å². The molecule has 0 unspecified atom stereocenters. The van der Waals surface area contributed by atoms with Crippen LogP contribution in [-0.2, 0) is 12.8 Å². The van der Waals surface area contributed by atoms with Crippen molar-refractivity contribution < 1.29 is 9.47 Å². The van der Waals surface area contributed by atoms with Gasteiger partial charge >= 0.3 is 0 Å². The first-order valence-electron chi connectivity index (χ1n) is 11.9. The molecule has 0 saturated carbocycles. The molecule has 0 aliphatic rings. The highest BCUT2D eigenvalue weighted by Gasteiger charge is 2.03.